The van der Waals surface area contributed by atoms with Crippen LogP contribution in [-0.4, -0.2) is 12.8 Å². The lowest BCUT2D eigenvalue weighted by atomic mass is 9.88. The minimum absolute atomic E-state index is 0.197. The molecule has 10 heavy (non-hydrogen) atoms. The fourth-order valence-electron chi connectivity index (χ4n) is 0.870. The highest BCUT2D eigenvalue weighted by Gasteiger charge is 2.15. The van der Waals surface area contributed by atoms with Crippen molar-refractivity contribution in [2.24, 2.45) is 10.4 Å². The van der Waals surface area contributed by atoms with Crippen LogP contribution in [0.3, 0.4) is 0 Å². The van der Waals surface area contributed by atoms with E-state index in [4.69, 9.17) is 0 Å². The third kappa shape index (κ3) is 2.81. The summed E-state index contributed by atoms with van der Waals surface area (Å²) < 4.78 is 0. The molecule has 0 aromatic carbocycles. The molecular formula is C9H17N. The Kier molecular flexibility index (Phi) is 3.34. The van der Waals surface area contributed by atoms with Crippen LogP contribution >= 0.6 is 0 Å². The average molecular weight is 139 g/mol. The van der Waals surface area contributed by atoms with Gasteiger partial charge in [-0.05, 0) is 0 Å². The van der Waals surface area contributed by atoms with Gasteiger partial charge in [-0.2, -0.15) is 0 Å². The molecule has 0 unspecified atom stereocenters. The van der Waals surface area contributed by atoms with E-state index in [9.17, 15) is 0 Å². The van der Waals surface area contributed by atoms with E-state index >= 15 is 0 Å². The van der Waals surface area contributed by atoms with E-state index in [1.54, 1.807) is 0 Å². The fourth-order valence-corrected chi connectivity index (χ4v) is 0.870. The first-order valence-corrected chi connectivity index (χ1v) is 3.59. The predicted molar refractivity (Wildman–Crippen MR) is 47.6 cm³/mol. The second kappa shape index (κ2) is 3.55. The van der Waals surface area contributed by atoms with Gasteiger partial charge in [-0.3, -0.25) is 4.99 Å². The van der Waals surface area contributed by atoms with Crippen LogP contribution in [-0.2, 0) is 0 Å². The lowest BCUT2D eigenvalue weighted by molar-refractivity contribution is 0.582. The topological polar surface area (TPSA) is 12.4 Å². The Balaban J connectivity index is 4.23. The van der Waals surface area contributed by atoms with Crippen LogP contribution < -0.4 is 0 Å². The van der Waals surface area contributed by atoms with Crippen molar-refractivity contribution in [2.45, 2.75) is 27.2 Å². The fraction of sp³-hybridized carbons (Fsp3) is 0.667. The quantitative estimate of drug-likeness (QED) is 0.412. The number of hydrogen-bond acceptors (Lipinski definition) is 1. The second-order valence-electron chi connectivity index (χ2n) is 3.41. The third-order valence-electron chi connectivity index (χ3n) is 1.47. The van der Waals surface area contributed by atoms with Gasteiger partial charge in [-0.25, -0.2) is 0 Å². The summed E-state index contributed by atoms with van der Waals surface area (Å²) in [5.74, 6) is 0. The Bertz CT molecular complexity index is 137. The van der Waals surface area contributed by atoms with Gasteiger partial charge in [0.25, 0.3) is 0 Å². The van der Waals surface area contributed by atoms with Gasteiger partial charge < -0.3 is 0 Å². The van der Waals surface area contributed by atoms with Crippen molar-refractivity contribution in [1.82, 2.24) is 0 Å². The van der Waals surface area contributed by atoms with Crippen LogP contribution in [0.1, 0.15) is 27.2 Å². The molecule has 0 aliphatic rings. The summed E-state index contributed by atoms with van der Waals surface area (Å²) in [6.07, 6.45) is 2.80. The maximum atomic E-state index is 4.19. The van der Waals surface area contributed by atoms with Gasteiger partial charge in [0, 0.05) is 24.6 Å². The van der Waals surface area contributed by atoms with Crippen molar-refractivity contribution in [3.05, 3.63) is 12.7 Å². The molecule has 0 N–H and O–H groups in total. The van der Waals surface area contributed by atoms with Crippen LogP contribution in [0.15, 0.2) is 17.6 Å². The van der Waals surface area contributed by atoms with Crippen LogP contribution in [0.25, 0.3) is 0 Å². The molecule has 0 aromatic heterocycles. The van der Waals surface area contributed by atoms with Crippen molar-refractivity contribution < 1.29 is 0 Å². The summed E-state index contributed by atoms with van der Waals surface area (Å²) >= 11 is 0. The summed E-state index contributed by atoms with van der Waals surface area (Å²) in [5, 5.41) is 0. The first-order valence-electron chi connectivity index (χ1n) is 3.59. The van der Waals surface area contributed by atoms with Gasteiger partial charge in [0.2, 0.25) is 0 Å². The molecule has 0 spiro atoms. The highest BCUT2D eigenvalue weighted by Crippen LogP contribution is 2.18. The maximum Gasteiger partial charge on any atom is 0.0276 e. The Hall–Kier alpha value is -0.590. The van der Waals surface area contributed by atoms with Crippen LogP contribution in [0, 0.1) is 5.41 Å². The largest absolute Gasteiger partial charge is 0.297 e. The van der Waals surface area contributed by atoms with Gasteiger partial charge >= 0.3 is 0 Å². The maximum absolute atomic E-state index is 4.19. The standard InChI is InChI=1S/C9H17N/c1-6-7-8(10-5)9(2,3)4/h6H,1,7H2,2-5H3. The molecule has 1 nitrogen and oxygen atoms in total. The zero-order chi connectivity index (χ0) is 8.20. The summed E-state index contributed by atoms with van der Waals surface area (Å²) in [6, 6.07) is 0. The van der Waals surface area contributed by atoms with E-state index in [-0.39, 0.29) is 5.41 Å². The van der Waals surface area contributed by atoms with Gasteiger partial charge in [0.05, 0.1) is 0 Å². The molecule has 0 radical (unpaired) electrons. The van der Waals surface area contributed by atoms with E-state index < -0.39 is 0 Å². The van der Waals surface area contributed by atoms with E-state index in [0.29, 0.717) is 0 Å². The Labute approximate surface area is 63.9 Å². The van der Waals surface area contributed by atoms with Crippen LogP contribution in [0.5, 0.6) is 0 Å². The van der Waals surface area contributed by atoms with Crippen molar-refractivity contribution in [3.63, 3.8) is 0 Å². The van der Waals surface area contributed by atoms with Crippen LogP contribution in [0.2, 0.25) is 0 Å². The van der Waals surface area contributed by atoms with E-state index in [0.717, 1.165) is 6.42 Å². The van der Waals surface area contributed by atoms with Crippen molar-refractivity contribution in [1.29, 1.82) is 0 Å². The number of aliphatic imine (C=N–C) groups is 1. The molecule has 0 atom stereocenters. The third-order valence-corrected chi connectivity index (χ3v) is 1.47. The number of allylic oxidation sites excluding steroid dienone is 1. The predicted octanol–water partition coefficient (Wildman–Crippen LogP) is 2.68. The monoisotopic (exact) mass is 139 g/mol. The second-order valence-corrected chi connectivity index (χ2v) is 3.41. The zero-order valence-corrected chi connectivity index (χ0v) is 7.44. The normalized spacial score (nSPS) is 13.4. The lowest BCUT2D eigenvalue weighted by Crippen LogP contribution is -2.19. The number of hydrogen-bond donors (Lipinski definition) is 0. The Morgan fingerprint density at radius 3 is 2.10 bits per heavy atom. The van der Waals surface area contributed by atoms with Crippen molar-refractivity contribution >= 4 is 5.71 Å². The highest BCUT2D eigenvalue weighted by molar-refractivity contribution is 5.90. The molecule has 0 bridgehead atoms. The zero-order valence-electron chi connectivity index (χ0n) is 7.44. The van der Waals surface area contributed by atoms with Gasteiger partial charge in [-0.1, -0.05) is 26.8 Å². The number of rotatable bonds is 2. The highest BCUT2D eigenvalue weighted by atomic mass is 14.7. The van der Waals surface area contributed by atoms with Gasteiger partial charge in [0.1, 0.15) is 0 Å². The molecule has 0 heterocycles. The first-order chi connectivity index (χ1) is 4.52. The van der Waals surface area contributed by atoms with E-state index in [1.807, 2.05) is 13.1 Å². The Morgan fingerprint density at radius 2 is 2.00 bits per heavy atom. The summed E-state index contributed by atoms with van der Waals surface area (Å²) in [6.45, 7) is 10.2. The number of nitrogens with zero attached hydrogens (tertiary/aromatic N) is 1. The van der Waals surface area contributed by atoms with E-state index in [1.165, 1.54) is 5.71 Å². The summed E-state index contributed by atoms with van der Waals surface area (Å²) in [4.78, 5) is 4.19. The van der Waals surface area contributed by atoms with E-state index in [2.05, 4.69) is 32.3 Å². The summed E-state index contributed by atoms with van der Waals surface area (Å²) in [7, 11) is 1.84. The minimum atomic E-state index is 0.197. The molecule has 58 valence electrons. The van der Waals surface area contributed by atoms with Crippen molar-refractivity contribution in [3.8, 4) is 0 Å². The smallest absolute Gasteiger partial charge is 0.0276 e. The lowest BCUT2D eigenvalue weighted by Gasteiger charge is -2.19. The molecule has 0 amide bonds. The molecule has 0 aliphatic carbocycles. The average Bonchev–Trinajstić information content (AvgIpc) is 1.80. The SMILES string of the molecule is C=CCC(=NC)C(C)(C)C. The molecule has 0 aromatic rings. The molecular weight excluding hydrogens is 122 g/mol. The molecule has 0 rings (SSSR count). The summed E-state index contributed by atoms with van der Waals surface area (Å²) in [5.41, 5.74) is 1.41. The van der Waals surface area contributed by atoms with Gasteiger partial charge in [-0.15, -0.1) is 6.58 Å². The molecule has 0 saturated carbocycles. The molecule has 0 fully saturated rings. The Morgan fingerprint density at radius 1 is 1.50 bits per heavy atom. The first kappa shape index (κ1) is 9.41. The van der Waals surface area contributed by atoms with Gasteiger partial charge in [0.15, 0.2) is 0 Å². The molecule has 0 saturated heterocycles. The minimum Gasteiger partial charge on any atom is -0.297 e. The molecule has 1 heteroatoms. The van der Waals surface area contributed by atoms with Crippen LogP contribution in [0.4, 0.5) is 0 Å². The molecule has 0 aliphatic heterocycles. The van der Waals surface area contributed by atoms with Crippen molar-refractivity contribution in [2.75, 3.05) is 7.05 Å².